The van der Waals surface area contributed by atoms with Crippen molar-refractivity contribution >= 4 is 21.7 Å². The Morgan fingerprint density at radius 1 is 1.30 bits per heavy atom. The first-order valence-corrected chi connectivity index (χ1v) is 7.04. The number of hydrogen-bond acceptors (Lipinski definition) is 3. The fraction of sp³-hybridized carbons (Fsp3) is 0.364. The molecule has 0 saturated heterocycles. The van der Waals surface area contributed by atoms with Crippen LogP contribution in [-0.4, -0.2) is 31.5 Å². The van der Waals surface area contributed by atoms with Gasteiger partial charge in [-0.3, -0.25) is 4.31 Å². The van der Waals surface area contributed by atoms with Crippen molar-refractivity contribution in [1.29, 1.82) is 0 Å². The second kappa shape index (κ2) is 4.65. The van der Waals surface area contributed by atoms with Gasteiger partial charge in [0.25, 0.3) is 0 Å². The quantitative estimate of drug-likeness (QED) is 0.906. The topological polar surface area (TPSA) is 74.7 Å². The number of rotatable bonds is 2. The number of aromatic carboxylic acids is 1. The van der Waals surface area contributed by atoms with Crippen molar-refractivity contribution in [1.82, 2.24) is 0 Å². The average molecular weight is 309 g/mol. The van der Waals surface area contributed by atoms with E-state index >= 15 is 0 Å². The van der Waals surface area contributed by atoms with Gasteiger partial charge in [-0.2, -0.15) is 21.6 Å². The largest absolute Gasteiger partial charge is 0.516 e. The molecule has 0 radical (unpaired) electrons. The summed E-state index contributed by atoms with van der Waals surface area (Å²) in [6.07, 6.45) is 0.355. The van der Waals surface area contributed by atoms with E-state index in [1.54, 1.807) is 0 Å². The van der Waals surface area contributed by atoms with Crippen molar-refractivity contribution in [3.63, 3.8) is 0 Å². The SMILES string of the molecule is O=C(O)c1cccc2c1CCCN2S(=O)(=O)C(F)(F)F. The summed E-state index contributed by atoms with van der Waals surface area (Å²) in [5, 5.41) is 9.00. The van der Waals surface area contributed by atoms with E-state index in [-0.39, 0.29) is 40.5 Å². The van der Waals surface area contributed by atoms with E-state index < -0.39 is 21.5 Å². The third-order valence-electron chi connectivity index (χ3n) is 3.02. The van der Waals surface area contributed by atoms with Gasteiger partial charge >= 0.3 is 21.5 Å². The van der Waals surface area contributed by atoms with Crippen LogP contribution in [-0.2, 0) is 16.4 Å². The smallest absolute Gasteiger partial charge is 0.478 e. The zero-order chi connectivity index (χ0) is 15.1. The molecule has 0 saturated carbocycles. The lowest BCUT2D eigenvalue weighted by Crippen LogP contribution is -2.43. The third kappa shape index (κ3) is 2.21. The van der Waals surface area contributed by atoms with Crippen LogP contribution in [0, 0.1) is 0 Å². The molecule has 20 heavy (non-hydrogen) atoms. The van der Waals surface area contributed by atoms with Gasteiger partial charge in [-0.25, -0.2) is 4.79 Å². The molecule has 0 spiro atoms. The van der Waals surface area contributed by atoms with E-state index in [4.69, 9.17) is 5.11 Å². The molecule has 0 amide bonds. The van der Waals surface area contributed by atoms with Crippen molar-refractivity contribution in [2.45, 2.75) is 18.3 Å². The zero-order valence-corrected chi connectivity index (χ0v) is 10.8. The maximum atomic E-state index is 12.6. The van der Waals surface area contributed by atoms with Crippen LogP contribution in [0.1, 0.15) is 22.3 Å². The summed E-state index contributed by atoms with van der Waals surface area (Å²) >= 11 is 0. The molecule has 0 fully saturated rings. The van der Waals surface area contributed by atoms with Crippen LogP contribution in [0.3, 0.4) is 0 Å². The summed E-state index contributed by atoms with van der Waals surface area (Å²) in [7, 11) is -5.51. The number of anilines is 1. The molecule has 1 heterocycles. The Kier molecular flexibility index (Phi) is 3.41. The molecule has 0 unspecified atom stereocenters. The Bertz CT molecular complexity index is 654. The van der Waals surface area contributed by atoms with Crippen molar-refractivity contribution in [3.8, 4) is 0 Å². The van der Waals surface area contributed by atoms with Crippen LogP contribution in [0.25, 0.3) is 0 Å². The molecule has 110 valence electrons. The van der Waals surface area contributed by atoms with E-state index in [1.807, 2.05) is 0 Å². The number of halogens is 3. The predicted molar refractivity (Wildman–Crippen MR) is 64.0 cm³/mol. The molecular weight excluding hydrogens is 299 g/mol. The predicted octanol–water partition coefficient (Wildman–Crippen LogP) is 1.99. The number of sulfonamides is 1. The molecule has 0 aliphatic carbocycles. The van der Waals surface area contributed by atoms with Gasteiger partial charge in [-0.05, 0) is 30.5 Å². The summed E-state index contributed by atoms with van der Waals surface area (Å²) in [6, 6.07) is 3.65. The van der Waals surface area contributed by atoms with Crippen LogP contribution in [0.15, 0.2) is 18.2 Å². The molecule has 0 atom stereocenters. The Morgan fingerprint density at radius 3 is 2.50 bits per heavy atom. The van der Waals surface area contributed by atoms with Gasteiger partial charge in [0, 0.05) is 6.54 Å². The minimum Gasteiger partial charge on any atom is -0.478 e. The molecule has 1 aliphatic rings. The van der Waals surface area contributed by atoms with Crippen LogP contribution in [0.5, 0.6) is 0 Å². The minimum atomic E-state index is -5.51. The van der Waals surface area contributed by atoms with Crippen molar-refractivity contribution in [3.05, 3.63) is 29.3 Å². The summed E-state index contributed by atoms with van der Waals surface area (Å²) in [5.74, 6) is -1.30. The van der Waals surface area contributed by atoms with Gasteiger partial charge in [0.05, 0.1) is 11.3 Å². The van der Waals surface area contributed by atoms with Crippen LogP contribution >= 0.6 is 0 Å². The molecule has 1 aromatic carbocycles. The van der Waals surface area contributed by atoms with Crippen LogP contribution < -0.4 is 4.31 Å². The molecule has 5 nitrogen and oxygen atoms in total. The molecule has 0 bridgehead atoms. The Hall–Kier alpha value is -1.77. The number of carbonyl (C=O) groups is 1. The van der Waals surface area contributed by atoms with Gasteiger partial charge in [0.15, 0.2) is 0 Å². The minimum absolute atomic E-state index is 0.110. The van der Waals surface area contributed by atoms with E-state index in [0.717, 1.165) is 0 Å². The number of benzene rings is 1. The van der Waals surface area contributed by atoms with E-state index in [1.165, 1.54) is 18.2 Å². The maximum absolute atomic E-state index is 12.6. The lowest BCUT2D eigenvalue weighted by atomic mass is 9.98. The van der Waals surface area contributed by atoms with Crippen molar-refractivity contribution < 1.29 is 31.5 Å². The van der Waals surface area contributed by atoms with E-state index in [0.29, 0.717) is 0 Å². The van der Waals surface area contributed by atoms with Gasteiger partial charge in [0.2, 0.25) is 0 Å². The lowest BCUT2D eigenvalue weighted by molar-refractivity contribution is -0.0438. The molecule has 1 aliphatic heterocycles. The molecule has 2 rings (SSSR count). The highest BCUT2D eigenvalue weighted by atomic mass is 32.2. The number of alkyl halides is 3. The number of fused-ring (bicyclic) bond motifs is 1. The first-order valence-electron chi connectivity index (χ1n) is 5.60. The fourth-order valence-electron chi connectivity index (χ4n) is 2.17. The highest BCUT2D eigenvalue weighted by Gasteiger charge is 2.51. The van der Waals surface area contributed by atoms with E-state index in [9.17, 15) is 26.4 Å². The van der Waals surface area contributed by atoms with Crippen LogP contribution in [0.2, 0.25) is 0 Å². The molecule has 9 heteroatoms. The molecule has 0 aromatic heterocycles. The highest BCUT2D eigenvalue weighted by molar-refractivity contribution is 7.93. The normalized spacial score (nSPS) is 15.8. The van der Waals surface area contributed by atoms with E-state index in [2.05, 4.69) is 0 Å². The van der Waals surface area contributed by atoms with Crippen molar-refractivity contribution in [2.24, 2.45) is 0 Å². The maximum Gasteiger partial charge on any atom is 0.516 e. The van der Waals surface area contributed by atoms with Crippen LogP contribution in [0.4, 0.5) is 18.9 Å². The third-order valence-corrected chi connectivity index (χ3v) is 4.57. The zero-order valence-electron chi connectivity index (χ0n) is 10.0. The lowest BCUT2D eigenvalue weighted by Gasteiger charge is -2.31. The monoisotopic (exact) mass is 309 g/mol. The first-order chi connectivity index (χ1) is 9.16. The number of hydrogen-bond donors (Lipinski definition) is 1. The van der Waals surface area contributed by atoms with Crippen molar-refractivity contribution in [2.75, 3.05) is 10.8 Å². The summed E-state index contributed by atoms with van der Waals surface area (Å²) < 4.78 is 61.1. The Labute approximate surface area is 112 Å². The van der Waals surface area contributed by atoms with Gasteiger partial charge in [-0.1, -0.05) is 6.07 Å². The summed E-state index contributed by atoms with van der Waals surface area (Å²) in [6.45, 7) is -0.322. The molecule has 1 N–H and O–H groups in total. The van der Waals surface area contributed by atoms with Gasteiger partial charge < -0.3 is 5.11 Å². The Balaban J connectivity index is 2.61. The van der Waals surface area contributed by atoms with Gasteiger partial charge in [0.1, 0.15) is 0 Å². The standard InChI is InChI=1S/C11H10F3NO4S/c12-11(13,14)20(18,19)15-6-2-4-7-8(10(16)17)3-1-5-9(7)15/h1,3,5H,2,4,6H2,(H,16,17). The average Bonchev–Trinajstić information content (AvgIpc) is 2.35. The molecule has 1 aromatic rings. The number of nitrogens with zero attached hydrogens (tertiary/aromatic N) is 1. The second-order valence-electron chi connectivity index (χ2n) is 4.23. The Morgan fingerprint density at radius 2 is 1.95 bits per heavy atom. The van der Waals surface area contributed by atoms with Gasteiger partial charge in [-0.15, -0.1) is 0 Å². The summed E-state index contributed by atoms with van der Waals surface area (Å²) in [5.41, 5.74) is -5.70. The fourth-order valence-corrected chi connectivity index (χ4v) is 3.22. The first kappa shape index (κ1) is 14.6. The number of carboxylic acid groups (broad SMARTS) is 1. The molecular formula is C11H10F3NO4S. The highest BCUT2D eigenvalue weighted by Crippen LogP contribution is 2.37. The second-order valence-corrected chi connectivity index (χ2v) is 6.09. The number of carboxylic acids is 1. The summed E-state index contributed by atoms with van der Waals surface area (Å²) in [4.78, 5) is 11.0.